The van der Waals surface area contributed by atoms with Crippen LogP contribution in [0.3, 0.4) is 0 Å². The smallest absolute Gasteiger partial charge is 0.418 e. The number of hydrogen-bond donors (Lipinski definition) is 0. The van der Waals surface area contributed by atoms with Crippen LogP contribution in [0.15, 0.2) is 46.9 Å². The summed E-state index contributed by atoms with van der Waals surface area (Å²) in [6.45, 7) is 1.23. The molecule has 0 saturated carbocycles. The van der Waals surface area contributed by atoms with E-state index in [1.165, 1.54) is 6.07 Å². The van der Waals surface area contributed by atoms with Crippen LogP contribution in [0.4, 0.5) is 13.2 Å². The number of ether oxygens (including phenoxy) is 1. The highest BCUT2D eigenvalue weighted by atomic mass is 79.9. The molecule has 0 aromatic heterocycles. The standard InChI is InChI=1S/C16H12BrF3O2/c1-10(21)12-7-8-13(15(17)14(12)16(18,19)20)22-9-11-5-3-2-4-6-11/h2-8H,9H2,1H3. The first-order valence-electron chi connectivity index (χ1n) is 6.38. The van der Waals surface area contributed by atoms with E-state index >= 15 is 0 Å². The lowest BCUT2D eigenvalue weighted by molar-refractivity contribution is -0.138. The summed E-state index contributed by atoms with van der Waals surface area (Å²) in [5, 5.41) is 0. The highest BCUT2D eigenvalue weighted by Crippen LogP contribution is 2.42. The molecule has 2 rings (SSSR count). The van der Waals surface area contributed by atoms with Crippen molar-refractivity contribution in [3.63, 3.8) is 0 Å². The molecule has 0 bridgehead atoms. The molecule has 0 spiro atoms. The zero-order chi connectivity index (χ0) is 16.3. The fraction of sp³-hybridized carbons (Fsp3) is 0.188. The van der Waals surface area contributed by atoms with E-state index in [9.17, 15) is 18.0 Å². The second-order valence-corrected chi connectivity index (χ2v) is 5.42. The molecule has 0 aliphatic rings. The van der Waals surface area contributed by atoms with Gasteiger partial charge in [0.1, 0.15) is 12.4 Å². The third-order valence-corrected chi connectivity index (χ3v) is 3.79. The number of carbonyl (C=O) groups excluding carboxylic acids is 1. The van der Waals surface area contributed by atoms with E-state index in [-0.39, 0.29) is 22.4 Å². The van der Waals surface area contributed by atoms with Crippen LogP contribution in [-0.4, -0.2) is 5.78 Å². The molecular formula is C16H12BrF3O2. The Morgan fingerprint density at radius 3 is 2.32 bits per heavy atom. The van der Waals surface area contributed by atoms with Crippen LogP contribution in [0.25, 0.3) is 0 Å². The quantitative estimate of drug-likeness (QED) is 0.685. The number of halogens is 4. The van der Waals surface area contributed by atoms with Gasteiger partial charge in [-0.2, -0.15) is 13.2 Å². The van der Waals surface area contributed by atoms with Crippen molar-refractivity contribution in [2.75, 3.05) is 0 Å². The van der Waals surface area contributed by atoms with Crippen molar-refractivity contribution in [2.45, 2.75) is 19.7 Å². The number of alkyl halides is 3. The van der Waals surface area contributed by atoms with Gasteiger partial charge >= 0.3 is 6.18 Å². The zero-order valence-corrected chi connectivity index (χ0v) is 13.2. The Hall–Kier alpha value is -1.82. The summed E-state index contributed by atoms with van der Waals surface area (Å²) in [6, 6.07) is 11.6. The molecule has 2 aromatic rings. The Bertz CT molecular complexity index is 682. The van der Waals surface area contributed by atoms with Crippen LogP contribution in [0.5, 0.6) is 5.75 Å². The van der Waals surface area contributed by atoms with E-state index in [0.29, 0.717) is 0 Å². The van der Waals surface area contributed by atoms with Gasteiger partial charge in [0.05, 0.1) is 10.0 Å². The molecule has 0 radical (unpaired) electrons. The Kier molecular flexibility index (Phi) is 4.90. The first kappa shape index (κ1) is 16.5. The molecule has 0 unspecified atom stereocenters. The maximum absolute atomic E-state index is 13.2. The van der Waals surface area contributed by atoms with Gasteiger partial charge < -0.3 is 4.74 Å². The summed E-state index contributed by atoms with van der Waals surface area (Å²) in [4.78, 5) is 11.4. The normalized spacial score (nSPS) is 11.3. The number of Topliss-reactive ketones (excluding diaryl/α,β-unsaturated/α-hetero) is 1. The van der Waals surface area contributed by atoms with Crippen LogP contribution >= 0.6 is 15.9 Å². The average Bonchev–Trinajstić information content (AvgIpc) is 2.45. The minimum atomic E-state index is -4.65. The van der Waals surface area contributed by atoms with Crippen LogP contribution in [0, 0.1) is 0 Å². The number of carbonyl (C=O) groups is 1. The number of hydrogen-bond acceptors (Lipinski definition) is 2. The van der Waals surface area contributed by atoms with Gasteiger partial charge in [-0.15, -0.1) is 0 Å². The molecule has 22 heavy (non-hydrogen) atoms. The van der Waals surface area contributed by atoms with Crippen LogP contribution in [-0.2, 0) is 12.8 Å². The lowest BCUT2D eigenvalue weighted by Crippen LogP contribution is -2.13. The molecule has 0 saturated heterocycles. The molecular weight excluding hydrogens is 361 g/mol. The summed E-state index contributed by atoms with van der Waals surface area (Å²) in [5.41, 5.74) is -0.560. The predicted molar refractivity (Wildman–Crippen MR) is 79.9 cm³/mol. The Labute approximate surface area is 134 Å². The lowest BCUT2D eigenvalue weighted by atomic mass is 10.0. The maximum atomic E-state index is 13.2. The molecule has 6 heteroatoms. The summed E-state index contributed by atoms with van der Waals surface area (Å²) >= 11 is 2.91. The predicted octanol–water partition coefficient (Wildman–Crippen LogP) is 5.25. The fourth-order valence-corrected chi connectivity index (χ4v) is 2.66. The van der Waals surface area contributed by atoms with Crippen LogP contribution in [0.1, 0.15) is 28.4 Å². The van der Waals surface area contributed by atoms with Gasteiger partial charge in [0.15, 0.2) is 5.78 Å². The maximum Gasteiger partial charge on any atom is 0.418 e. The second-order valence-electron chi connectivity index (χ2n) is 4.63. The van der Waals surface area contributed by atoms with Gasteiger partial charge in [0.25, 0.3) is 0 Å². The topological polar surface area (TPSA) is 26.3 Å². The second kappa shape index (κ2) is 6.52. The third kappa shape index (κ3) is 3.68. The minimum absolute atomic E-state index is 0.0428. The lowest BCUT2D eigenvalue weighted by Gasteiger charge is -2.16. The van der Waals surface area contributed by atoms with Crippen LogP contribution in [0.2, 0.25) is 0 Å². The van der Waals surface area contributed by atoms with Crippen molar-refractivity contribution in [3.05, 3.63) is 63.6 Å². The Morgan fingerprint density at radius 2 is 1.77 bits per heavy atom. The monoisotopic (exact) mass is 372 g/mol. The van der Waals surface area contributed by atoms with Gasteiger partial charge in [0.2, 0.25) is 0 Å². The fourth-order valence-electron chi connectivity index (χ4n) is 1.97. The number of ketones is 1. The van der Waals surface area contributed by atoms with Gasteiger partial charge in [-0.05, 0) is 40.5 Å². The van der Waals surface area contributed by atoms with E-state index in [1.807, 2.05) is 30.3 Å². The molecule has 0 heterocycles. The SMILES string of the molecule is CC(=O)c1ccc(OCc2ccccc2)c(Br)c1C(F)(F)F. The van der Waals surface area contributed by atoms with E-state index in [2.05, 4.69) is 15.9 Å². The summed E-state index contributed by atoms with van der Waals surface area (Å²) < 4.78 is 44.7. The molecule has 0 N–H and O–H groups in total. The molecule has 0 aliphatic heterocycles. The molecule has 0 amide bonds. The minimum Gasteiger partial charge on any atom is -0.488 e. The van der Waals surface area contributed by atoms with E-state index in [1.54, 1.807) is 0 Å². The van der Waals surface area contributed by atoms with Crippen molar-refractivity contribution >= 4 is 21.7 Å². The molecule has 2 nitrogen and oxygen atoms in total. The first-order chi connectivity index (χ1) is 10.3. The highest BCUT2D eigenvalue weighted by molar-refractivity contribution is 9.10. The Balaban J connectivity index is 2.36. The van der Waals surface area contributed by atoms with Crippen molar-refractivity contribution in [1.82, 2.24) is 0 Å². The van der Waals surface area contributed by atoms with Gasteiger partial charge in [-0.25, -0.2) is 0 Å². The first-order valence-corrected chi connectivity index (χ1v) is 7.17. The van der Waals surface area contributed by atoms with E-state index in [0.717, 1.165) is 18.6 Å². The zero-order valence-electron chi connectivity index (χ0n) is 11.6. The third-order valence-electron chi connectivity index (χ3n) is 3.01. The highest BCUT2D eigenvalue weighted by Gasteiger charge is 2.38. The molecule has 0 aliphatic carbocycles. The van der Waals surface area contributed by atoms with Crippen molar-refractivity contribution in [1.29, 1.82) is 0 Å². The van der Waals surface area contributed by atoms with Crippen molar-refractivity contribution in [2.24, 2.45) is 0 Å². The van der Waals surface area contributed by atoms with E-state index in [4.69, 9.17) is 4.74 Å². The number of rotatable bonds is 4. The summed E-state index contributed by atoms with van der Waals surface area (Å²) in [5.74, 6) is -0.608. The van der Waals surface area contributed by atoms with Gasteiger partial charge in [-0.3, -0.25) is 4.79 Å². The number of benzene rings is 2. The van der Waals surface area contributed by atoms with E-state index < -0.39 is 17.5 Å². The summed E-state index contributed by atoms with van der Waals surface area (Å²) in [6.07, 6.45) is -4.65. The van der Waals surface area contributed by atoms with Gasteiger partial charge in [-0.1, -0.05) is 30.3 Å². The van der Waals surface area contributed by atoms with Crippen molar-refractivity contribution in [3.8, 4) is 5.75 Å². The molecule has 2 aromatic carbocycles. The average molecular weight is 373 g/mol. The van der Waals surface area contributed by atoms with Crippen molar-refractivity contribution < 1.29 is 22.7 Å². The summed E-state index contributed by atoms with van der Waals surface area (Å²) in [7, 11) is 0. The molecule has 116 valence electrons. The Morgan fingerprint density at radius 1 is 1.14 bits per heavy atom. The van der Waals surface area contributed by atoms with Crippen LogP contribution < -0.4 is 4.74 Å². The molecule has 0 fully saturated rings. The van der Waals surface area contributed by atoms with Gasteiger partial charge in [0, 0.05) is 5.56 Å². The molecule has 0 atom stereocenters. The largest absolute Gasteiger partial charge is 0.488 e.